The Morgan fingerprint density at radius 1 is 1.30 bits per heavy atom. The van der Waals surface area contributed by atoms with Gasteiger partial charge in [-0.3, -0.25) is 14.3 Å². The molecule has 0 aliphatic rings. The van der Waals surface area contributed by atoms with E-state index < -0.39 is 11.2 Å². The number of nitrogens with two attached hydrogens (primary N) is 1. The number of hydrogen-bond donors (Lipinski definition) is 3. The van der Waals surface area contributed by atoms with Crippen molar-refractivity contribution in [2.75, 3.05) is 22.5 Å². The lowest BCUT2D eigenvalue weighted by atomic mass is 10.1. The van der Waals surface area contributed by atoms with Crippen LogP contribution in [0.5, 0.6) is 0 Å². The minimum Gasteiger partial charge on any atom is -0.383 e. The minimum atomic E-state index is -0.527. The number of rotatable bonds is 9. The molecule has 2 aromatic rings. The first-order chi connectivity index (χ1) is 14.3. The van der Waals surface area contributed by atoms with Gasteiger partial charge in [-0.15, -0.1) is 0 Å². The molecule has 1 heterocycles. The summed E-state index contributed by atoms with van der Waals surface area (Å²) in [5, 5.41) is 3.61. The number of nitrogens with one attached hydrogen (secondary N) is 2. The number of H-pyrrole nitrogens is 1. The molecule has 30 heavy (non-hydrogen) atoms. The molecule has 0 amide bonds. The summed E-state index contributed by atoms with van der Waals surface area (Å²) < 4.78 is 1.42. The fraction of sp³-hybridized carbons (Fsp3) is 0.500. The summed E-state index contributed by atoms with van der Waals surface area (Å²) in [7, 11) is 0. The van der Waals surface area contributed by atoms with Crippen LogP contribution < -0.4 is 27.2 Å². The summed E-state index contributed by atoms with van der Waals surface area (Å²) >= 11 is 5.67. The molecule has 0 radical (unpaired) electrons. The lowest BCUT2D eigenvalue weighted by Crippen LogP contribution is -2.43. The van der Waals surface area contributed by atoms with Crippen molar-refractivity contribution in [2.24, 2.45) is 5.92 Å². The first kappa shape index (κ1) is 23.7. The van der Waals surface area contributed by atoms with Crippen LogP contribution in [0.3, 0.4) is 0 Å². The number of thiocarbonyl (C=S) groups is 1. The van der Waals surface area contributed by atoms with E-state index in [1.807, 2.05) is 25.1 Å². The number of hydrogen-bond acceptors (Lipinski definition) is 4. The Morgan fingerprint density at radius 2 is 2.03 bits per heavy atom. The zero-order valence-electron chi connectivity index (χ0n) is 18.3. The fourth-order valence-electron chi connectivity index (χ4n) is 3.14. The van der Waals surface area contributed by atoms with Gasteiger partial charge < -0.3 is 16.0 Å². The summed E-state index contributed by atoms with van der Waals surface area (Å²) in [5.74, 6) is 0.553. The summed E-state index contributed by atoms with van der Waals surface area (Å²) in [6.45, 7) is 9.29. The Morgan fingerprint density at radius 3 is 2.67 bits per heavy atom. The van der Waals surface area contributed by atoms with Crippen LogP contribution >= 0.6 is 12.2 Å². The predicted molar refractivity (Wildman–Crippen MR) is 129 cm³/mol. The standard InChI is InChI=1S/C22H33N5O2S/c1-5-7-12-27-19(23)18(20(28)25-21(27)29)26(13-11-15(3)4)22(30)24-17-10-8-9-16(6-2)14-17/h8-10,14-15H,5-7,11-13,23H2,1-4H3,(H,24,30)(H,25,28,29). The molecule has 0 aliphatic heterocycles. The van der Waals surface area contributed by atoms with E-state index in [2.05, 4.69) is 37.1 Å². The van der Waals surface area contributed by atoms with Crippen LogP contribution in [0.2, 0.25) is 0 Å². The summed E-state index contributed by atoms with van der Waals surface area (Å²) in [4.78, 5) is 29.2. The van der Waals surface area contributed by atoms with Gasteiger partial charge >= 0.3 is 5.69 Å². The minimum absolute atomic E-state index is 0.146. The SMILES string of the molecule is CCCCn1c(N)c(N(CCC(C)C)C(=S)Nc2cccc(CC)c2)c(=O)[nH]c1=O. The zero-order valence-corrected chi connectivity index (χ0v) is 19.1. The monoisotopic (exact) mass is 431 g/mol. The number of benzene rings is 1. The first-order valence-electron chi connectivity index (χ1n) is 10.6. The van der Waals surface area contributed by atoms with Gasteiger partial charge in [0.15, 0.2) is 10.8 Å². The summed E-state index contributed by atoms with van der Waals surface area (Å²) in [6, 6.07) is 7.98. The van der Waals surface area contributed by atoms with Crippen molar-refractivity contribution in [3.8, 4) is 0 Å². The van der Waals surface area contributed by atoms with Crippen LogP contribution in [0.25, 0.3) is 0 Å². The average molecular weight is 432 g/mol. The van der Waals surface area contributed by atoms with Crippen LogP contribution in [0.4, 0.5) is 17.2 Å². The molecule has 0 fully saturated rings. The lowest BCUT2D eigenvalue weighted by molar-refractivity contribution is 0.588. The molecule has 0 atom stereocenters. The van der Waals surface area contributed by atoms with E-state index in [1.54, 1.807) is 4.90 Å². The maximum Gasteiger partial charge on any atom is 0.330 e. The van der Waals surface area contributed by atoms with Gasteiger partial charge in [-0.05, 0) is 55.1 Å². The molecule has 0 bridgehead atoms. The van der Waals surface area contributed by atoms with Crippen LogP contribution in [-0.2, 0) is 13.0 Å². The third kappa shape index (κ3) is 5.95. The molecular weight excluding hydrogens is 398 g/mol. The molecule has 8 heteroatoms. The number of unbranched alkanes of at least 4 members (excludes halogenated alkanes) is 1. The molecule has 0 unspecified atom stereocenters. The number of aryl methyl sites for hydroxylation is 1. The van der Waals surface area contributed by atoms with Crippen molar-refractivity contribution in [1.29, 1.82) is 0 Å². The van der Waals surface area contributed by atoms with Crippen molar-refractivity contribution in [3.63, 3.8) is 0 Å². The molecule has 164 valence electrons. The van der Waals surface area contributed by atoms with Gasteiger partial charge in [-0.1, -0.05) is 46.2 Å². The Kier molecular flexibility index (Phi) is 8.65. The third-order valence-corrected chi connectivity index (χ3v) is 5.30. The van der Waals surface area contributed by atoms with Gasteiger partial charge in [0.1, 0.15) is 5.82 Å². The van der Waals surface area contributed by atoms with Crippen LogP contribution in [0.15, 0.2) is 33.9 Å². The molecule has 0 aliphatic carbocycles. The highest BCUT2D eigenvalue weighted by Gasteiger charge is 2.22. The molecule has 0 saturated heterocycles. The fourth-order valence-corrected chi connectivity index (χ4v) is 3.44. The maximum atomic E-state index is 12.8. The highest BCUT2D eigenvalue weighted by Crippen LogP contribution is 2.21. The third-order valence-electron chi connectivity index (χ3n) is 4.98. The van der Waals surface area contributed by atoms with Gasteiger partial charge in [0.05, 0.1) is 0 Å². The summed E-state index contributed by atoms with van der Waals surface area (Å²) in [6.07, 6.45) is 3.41. The second-order valence-electron chi connectivity index (χ2n) is 7.82. The van der Waals surface area contributed by atoms with Gasteiger partial charge in [0, 0.05) is 18.8 Å². The Labute approximate surface area is 183 Å². The number of nitrogens with zero attached hydrogens (tertiary/aromatic N) is 2. The molecule has 0 saturated carbocycles. The van der Waals surface area contributed by atoms with E-state index in [-0.39, 0.29) is 11.5 Å². The first-order valence-corrected chi connectivity index (χ1v) is 11.0. The molecule has 7 nitrogen and oxygen atoms in total. The number of aromatic amines is 1. The topological polar surface area (TPSA) is 96.2 Å². The van der Waals surface area contributed by atoms with Gasteiger partial charge in [0.2, 0.25) is 0 Å². The van der Waals surface area contributed by atoms with E-state index in [0.29, 0.717) is 24.1 Å². The smallest absolute Gasteiger partial charge is 0.330 e. The van der Waals surface area contributed by atoms with Crippen LogP contribution in [0.1, 0.15) is 52.5 Å². The molecular formula is C22H33N5O2S. The van der Waals surface area contributed by atoms with Crippen LogP contribution in [0, 0.1) is 5.92 Å². The zero-order chi connectivity index (χ0) is 22.3. The largest absolute Gasteiger partial charge is 0.383 e. The molecule has 4 N–H and O–H groups in total. The number of anilines is 3. The molecule has 1 aromatic carbocycles. The van der Waals surface area contributed by atoms with Crippen molar-refractivity contribution >= 4 is 34.5 Å². The Bertz CT molecular complexity index is 980. The Balaban J connectivity index is 2.46. The van der Waals surface area contributed by atoms with Crippen molar-refractivity contribution < 1.29 is 0 Å². The van der Waals surface area contributed by atoms with Gasteiger partial charge in [0.25, 0.3) is 5.56 Å². The molecule has 0 spiro atoms. The maximum absolute atomic E-state index is 12.8. The average Bonchev–Trinajstić information content (AvgIpc) is 2.69. The quantitative estimate of drug-likeness (QED) is 0.524. The number of aromatic nitrogens is 2. The highest BCUT2D eigenvalue weighted by atomic mass is 32.1. The van der Waals surface area contributed by atoms with Crippen molar-refractivity contribution in [2.45, 2.75) is 59.9 Å². The predicted octanol–water partition coefficient (Wildman–Crippen LogP) is 3.73. The van der Waals surface area contributed by atoms with Gasteiger partial charge in [-0.2, -0.15) is 0 Å². The molecule has 1 aromatic heterocycles. The Hall–Kier alpha value is -2.61. The second kappa shape index (κ2) is 11.0. The van der Waals surface area contributed by atoms with Crippen molar-refractivity contribution in [1.82, 2.24) is 9.55 Å². The number of nitrogen functional groups attached to an aromatic ring is 1. The van der Waals surface area contributed by atoms with E-state index in [4.69, 9.17) is 18.0 Å². The highest BCUT2D eigenvalue weighted by molar-refractivity contribution is 7.80. The van der Waals surface area contributed by atoms with E-state index >= 15 is 0 Å². The van der Waals surface area contributed by atoms with Crippen LogP contribution in [-0.4, -0.2) is 21.2 Å². The van der Waals surface area contributed by atoms with Gasteiger partial charge in [-0.25, -0.2) is 4.79 Å². The van der Waals surface area contributed by atoms with Crippen molar-refractivity contribution in [3.05, 3.63) is 50.7 Å². The normalized spacial score (nSPS) is 11.0. The van der Waals surface area contributed by atoms with E-state index in [9.17, 15) is 9.59 Å². The van der Waals surface area contributed by atoms with E-state index in [0.717, 1.165) is 31.4 Å². The second-order valence-corrected chi connectivity index (χ2v) is 8.20. The van der Waals surface area contributed by atoms with E-state index in [1.165, 1.54) is 10.1 Å². The summed E-state index contributed by atoms with van der Waals surface area (Å²) in [5.41, 5.74) is 7.55. The lowest BCUT2D eigenvalue weighted by Gasteiger charge is -2.28. The molecule has 2 rings (SSSR count).